The highest BCUT2D eigenvalue weighted by Gasteiger charge is 2.13. The summed E-state index contributed by atoms with van der Waals surface area (Å²) in [6, 6.07) is 50.4. The molecule has 7 aromatic carbocycles. The van der Waals surface area contributed by atoms with Crippen LogP contribution in [0.15, 0.2) is 140 Å². The van der Waals surface area contributed by atoms with Crippen LogP contribution in [0.3, 0.4) is 0 Å². The first-order valence-corrected chi connectivity index (χ1v) is 13.1. The van der Waals surface area contributed by atoms with Gasteiger partial charge < -0.3 is 0 Å². The van der Waals surface area contributed by atoms with Crippen LogP contribution in [0.1, 0.15) is 0 Å². The van der Waals surface area contributed by atoms with E-state index in [0.717, 1.165) is 16.6 Å². The molecule has 0 aliphatic rings. The van der Waals surface area contributed by atoms with Gasteiger partial charge in [-0.1, -0.05) is 109 Å². The molecular formula is C37H23N. The van der Waals surface area contributed by atoms with Gasteiger partial charge in [-0.05, 0) is 84.5 Å². The van der Waals surface area contributed by atoms with Crippen LogP contribution in [0.4, 0.5) is 0 Å². The first-order valence-electron chi connectivity index (χ1n) is 13.1. The number of para-hydroxylation sites is 1. The number of pyridine rings is 1. The van der Waals surface area contributed by atoms with Crippen molar-refractivity contribution in [3.05, 3.63) is 140 Å². The lowest BCUT2D eigenvalue weighted by Gasteiger charge is -2.14. The zero-order valence-corrected chi connectivity index (χ0v) is 20.7. The van der Waals surface area contributed by atoms with Gasteiger partial charge in [0, 0.05) is 10.9 Å². The van der Waals surface area contributed by atoms with Crippen LogP contribution in [0.5, 0.6) is 0 Å². The van der Waals surface area contributed by atoms with Gasteiger partial charge >= 0.3 is 0 Å². The average molecular weight is 482 g/mol. The van der Waals surface area contributed by atoms with Gasteiger partial charge in [0.1, 0.15) is 0 Å². The lowest BCUT2D eigenvalue weighted by atomic mass is 9.91. The number of nitrogens with zero attached hydrogens (tertiary/aromatic N) is 1. The van der Waals surface area contributed by atoms with Crippen molar-refractivity contribution in [2.75, 3.05) is 0 Å². The van der Waals surface area contributed by atoms with E-state index in [1.807, 2.05) is 0 Å². The molecule has 0 fully saturated rings. The molecule has 1 heteroatoms. The molecule has 0 saturated heterocycles. The molecule has 0 amide bonds. The summed E-state index contributed by atoms with van der Waals surface area (Å²) < 4.78 is 0. The summed E-state index contributed by atoms with van der Waals surface area (Å²) in [7, 11) is 0. The summed E-state index contributed by atoms with van der Waals surface area (Å²) in [4.78, 5) is 5.03. The van der Waals surface area contributed by atoms with Crippen LogP contribution in [-0.4, -0.2) is 4.98 Å². The first kappa shape index (κ1) is 21.1. The topological polar surface area (TPSA) is 12.9 Å². The molecule has 0 N–H and O–H groups in total. The maximum absolute atomic E-state index is 5.03. The molecule has 0 radical (unpaired) electrons. The van der Waals surface area contributed by atoms with Gasteiger partial charge in [-0.15, -0.1) is 0 Å². The Kier molecular flexibility index (Phi) is 4.59. The molecule has 38 heavy (non-hydrogen) atoms. The highest BCUT2D eigenvalue weighted by molar-refractivity contribution is 6.23. The minimum Gasteiger partial charge on any atom is -0.248 e. The second kappa shape index (κ2) is 8.26. The van der Waals surface area contributed by atoms with Crippen molar-refractivity contribution in [1.82, 2.24) is 4.98 Å². The van der Waals surface area contributed by atoms with Crippen LogP contribution in [0, 0.1) is 0 Å². The van der Waals surface area contributed by atoms with Crippen molar-refractivity contribution < 1.29 is 0 Å². The van der Waals surface area contributed by atoms with E-state index in [0.29, 0.717) is 0 Å². The summed E-state index contributed by atoms with van der Waals surface area (Å²) in [6.07, 6.45) is 0. The SMILES string of the molecule is c1ccc2cc(-c3ccc4c(ccc5cc(-c6ccc7ccccc7n6)c6ccccc6c54)c3)ccc2c1. The number of hydrogen-bond donors (Lipinski definition) is 0. The summed E-state index contributed by atoms with van der Waals surface area (Å²) in [5.41, 5.74) is 5.69. The third-order valence-electron chi connectivity index (χ3n) is 7.80. The molecule has 0 aliphatic carbocycles. The van der Waals surface area contributed by atoms with Gasteiger partial charge in [0.15, 0.2) is 0 Å². The molecule has 0 atom stereocenters. The van der Waals surface area contributed by atoms with Crippen molar-refractivity contribution in [2.24, 2.45) is 0 Å². The molecule has 1 nitrogen and oxygen atoms in total. The Labute approximate surface area is 220 Å². The summed E-state index contributed by atoms with van der Waals surface area (Å²) in [5, 5.41) is 11.3. The smallest absolute Gasteiger partial charge is 0.0716 e. The van der Waals surface area contributed by atoms with Gasteiger partial charge in [-0.2, -0.15) is 0 Å². The normalized spacial score (nSPS) is 11.7. The molecule has 0 aliphatic heterocycles. The van der Waals surface area contributed by atoms with E-state index >= 15 is 0 Å². The first-order chi connectivity index (χ1) is 18.8. The Balaban J connectivity index is 1.35. The second-order valence-corrected chi connectivity index (χ2v) is 10.0. The Morgan fingerprint density at radius 1 is 0.368 bits per heavy atom. The van der Waals surface area contributed by atoms with E-state index in [2.05, 4.69) is 140 Å². The molecule has 0 bridgehead atoms. The van der Waals surface area contributed by atoms with E-state index in [1.165, 1.54) is 59.8 Å². The van der Waals surface area contributed by atoms with Gasteiger partial charge in [0.05, 0.1) is 11.2 Å². The molecule has 1 heterocycles. The molecule has 0 unspecified atom stereocenters. The van der Waals surface area contributed by atoms with Crippen LogP contribution in [0.25, 0.3) is 76.4 Å². The average Bonchev–Trinajstić information content (AvgIpc) is 2.99. The lowest BCUT2D eigenvalue weighted by Crippen LogP contribution is -1.89. The molecule has 0 saturated carbocycles. The molecular weight excluding hydrogens is 458 g/mol. The molecule has 176 valence electrons. The third-order valence-corrected chi connectivity index (χ3v) is 7.80. The number of benzene rings is 7. The number of rotatable bonds is 2. The Morgan fingerprint density at radius 3 is 1.89 bits per heavy atom. The van der Waals surface area contributed by atoms with Gasteiger partial charge in [-0.3, -0.25) is 0 Å². The third kappa shape index (κ3) is 3.29. The van der Waals surface area contributed by atoms with Crippen molar-refractivity contribution in [3.63, 3.8) is 0 Å². The lowest BCUT2D eigenvalue weighted by molar-refractivity contribution is 1.41. The van der Waals surface area contributed by atoms with Crippen LogP contribution >= 0.6 is 0 Å². The van der Waals surface area contributed by atoms with Gasteiger partial charge in [-0.25, -0.2) is 4.98 Å². The fraction of sp³-hybridized carbons (Fsp3) is 0. The zero-order valence-electron chi connectivity index (χ0n) is 20.7. The van der Waals surface area contributed by atoms with Crippen molar-refractivity contribution in [1.29, 1.82) is 0 Å². The Bertz CT molecular complexity index is 2190. The van der Waals surface area contributed by atoms with E-state index < -0.39 is 0 Å². The fourth-order valence-corrected chi connectivity index (χ4v) is 5.91. The number of fused-ring (bicyclic) bond motifs is 7. The van der Waals surface area contributed by atoms with Crippen molar-refractivity contribution in [2.45, 2.75) is 0 Å². The minimum atomic E-state index is 1.01. The zero-order chi connectivity index (χ0) is 25.1. The van der Waals surface area contributed by atoms with E-state index in [-0.39, 0.29) is 0 Å². The number of hydrogen-bond acceptors (Lipinski definition) is 1. The van der Waals surface area contributed by atoms with Gasteiger partial charge in [0.25, 0.3) is 0 Å². The van der Waals surface area contributed by atoms with Crippen molar-refractivity contribution in [3.8, 4) is 22.4 Å². The van der Waals surface area contributed by atoms with Crippen LogP contribution in [0.2, 0.25) is 0 Å². The Morgan fingerprint density at radius 2 is 1.00 bits per heavy atom. The fourth-order valence-electron chi connectivity index (χ4n) is 5.91. The van der Waals surface area contributed by atoms with E-state index in [4.69, 9.17) is 4.98 Å². The van der Waals surface area contributed by atoms with Crippen LogP contribution < -0.4 is 0 Å². The maximum atomic E-state index is 5.03. The summed E-state index contributed by atoms with van der Waals surface area (Å²) >= 11 is 0. The predicted octanol–water partition coefficient (Wildman–Crippen LogP) is 10.2. The maximum Gasteiger partial charge on any atom is 0.0716 e. The Hall–Kier alpha value is -5.01. The molecule has 8 aromatic rings. The standard InChI is InChI=1S/C37H23N/c1-2-9-26-21-27(14-13-24(26)7-1)28-17-19-31-29(22-28)15-16-30-23-34(32-10-4-5-11-33(32)37(30)31)36-20-18-25-8-3-6-12-35(25)38-36/h1-23H. The summed E-state index contributed by atoms with van der Waals surface area (Å²) in [5.74, 6) is 0. The van der Waals surface area contributed by atoms with Crippen molar-refractivity contribution >= 4 is 54.0 Å². The monoisotopic (exact) mass is 481 g/mol. The molecule has 8 rings (SSSR count). The van der Waals surface area contributed by atoms with E-state index in [1.54, 1.807) is 0 Å². The van der Waals surface area contributed by atoms with Gasteiger partial charge in [0.2, 0.25) is 0 Å². The highest BCUT2D eigenvalue weighted by atomic mass is 14.7. The van der Waals surface area contributed by atoms with Crippen LogP contribution in [-0.2, 0) is 0 Å². The summed E-state index contributed by atoms with van der Waals surface area (Å²) in [6.45, 7) is 0. The quantitative estimate of drug-likeness (QED) is 0.224. The highest BCUT2D eigenvalue weighted by Crippen LogP contribution is 2.39. The molecule has 1 aromatic heterocycles. The largest absolute Gasteiger partial charge is 0.248 e. The molecule has 0 spiro atoms. The minimum absolute atomic E-state index is 1.01. The predicted molar refractivity (Wildman–Crippen MR) is 163 cm³/mol. The van der Waals surface area contributed by atoms with E-state index in [9.17, 15) is 0 Å². The number of aromatic nitrogens is 1. The second-order valence-electron chi connectivity index (χ2n) is 10.0.